The van der Waals surface area contributed by atoms with Crippen molar-refractivity contribution in [3.63, 3.8) is 0 Å². The summed E-state index contributed by atoms with van der Waals surface area (Å²) in [5.74, 6) is -4.78. The van der Waals surface area contributed by atoms with Gasteiger partial charge in [0.15, 0.2) is 0 Å². The van der Waals surface area contributed by atoms with Crippen LogP contribution in [-0.4, -0.2) is 70.9 Å². The number of aromatic hydroxyl groups is 1. The zero-order chi connectivity index (χ0) is 37.7. The minimum Gasteiger partial charge on any atom is -0.508 e. The van der Waals surface area contributed by atoms with Crippen LogP contribution >= 0.6 is 0 Å². The molecular weight excluding hydrogens is 642 g/mol. The molecule has 1 aliphatic heterocycles. The Morgan fingerprint density at radius 2 is 1.52 bits per heavy atom. The van der Waals surface area contributed by atoms with E-state index in [4.69, 9.17) is 4.74 Å². The van der Waals surface area contributed by atoms with Crippen molar-refractivity contribution in [1.82, 2.24) is 26.6 Å². The molecule has 1 aromatic carbocycles. The van der Waals surface area contributed by atoms with Gasteiger partial charge >= 0.3 is 5.97 Å². The molecule has 0 spiro atoms. The highest BCUT2D eigenvalue weighted by Crippen LogP contribution is 2.18. The molecule has 0 bridgehead atoms. The van der Waals surface area contributed by atoms with E-state index in [0.717, 1.165) is 12.8 Å². The molecule has 0 aromatic heterocycles. The van der Waals surface area contributed by atoms with Crippen LogP contribution in [0, 0.1) is 23.7 Å². The predicted molar refractivity (Wildman–Crippen MR) is 189 cm³/mol. The zero-order valence-corrected chi connectivity index (χ0v) is 30.9. The molecule has 0 aliphatic carbocycles. The van der Waals surface area contributed by atoms with Crippen molar-refractivity contribution in [2.45, 2.75) is 125 Å². The summed E-state index contributed by atoms with van der Waals surface area (Å²) < 4.78 is 5.65. The fourth-order valence-corrected chi connectivity index (χ4v) is 5.87. The van der Waals surface area contributed by atoms with Crippen LogP contribution < -0.4 is 26.6 Å². The van der Waals surface area contributed by atoms with Gasteiger partial charge in [-0.3, -0.25) is 24.0 Å². The second-order valence-electron chi connectivity index (χ2n) is 14.2. The third kappa shape index (κ3) is 12.8. The molecule has 1 aromatic rings. The van der Waals surface area contributed by atoms with Gasteiger partial charge in [0.25, 0.3) is 0 Å². The highest BCUT2D eigenvalue weighted by molar-refractivity contribution is 5.99. The van der Waals surface area contributed by atoms with Gasteiger partial charge in [-0.2, -0.15) is 0 Å². The Morgan fingerprint density at radius 3 is 2.08 bits per heavy atom. The normalized spacial score (nSPS) is 24.9. The largest absolute Gasteiger partial charge is 0.508 e. The molecule has 0 saturated carbocycles. The monoisotopic (exact) mass is 699 g/mol. The molecule has 13 heteroatoms. The van der Waals surface area contributed by atoms with Crippen molar-refractivity contribution >= 4 is 35.5 Å². The maximum Gasteiger partial charge on any atom is 0.354 e. The second-order valence-corrected chi connectivity index (χ2v) is 14.2. The van der Waals surface area contributed by atoms with E-state index >= 15 is 0 Å². The summed E-state index contributed by atoms with van der Waals surface area (Å²) in [5.41, 5.74) is 0.371. The lowest BCUT2D eigenvalue weighted by Crippen LogP contribution is -2.61. The van der Waals surface area contributed by atoms with Crippen LogP contribution in [0.5, 0.6) is 5.75 Å². The van der Waals surface area contributed by atoms with E-state index in [1.807, 2.05) is 13.8 Å². The minimum atomic E-state index is -1.38. The summed E-state index contributed by atoms with van der Waals surface area (Å²) in [5, 5.41) is 23.2. The molecule has 278 valence electrons. The van der Waals surface area contributed by atoms with E-state index in [0.29, 0.717) is 12.0 Å². The highest BCUT2D eigenvalue weighted by atomic mass is 16.5. The molecule has 1 heterocycles. The fraction of sp³-hybridized carbons (Fsp3) is 0.622. The van der Waals surface area contributed by atoms with Crippen molar-refractivity contribution in [2.75, 3.05) is 0 Å². The number of allylic oxidation sites excluding steroid dienone is 1. The van der Waals surface area contributed by atoms with Crippen molar-refractivity contribution in [3.05, 3.63) is 41.6 Å². The first-order chi connectivity index (χ1) is 23.5. The number of amides is 5. The lowest BCUT2D eigenvalue weighted by molar-refractivity contribution is -0.150. The van der Waals surface area contributed by atoms with Crippen molar-refractivity contribution in [1.29, 1.82) is 0 Å². The first-order valence-electron chi connectivity index (χ1n) is 17.6. The van der Waals surface area contributed by atoms with Gasteiger partial charge < -0.3 is 36.4 Å². The Kier molecular flexibility index (Phi) is 16.4. The van der Waals surface area contributed by atoms with Crippen LogP contribution in [0.2, 0.25) is 0 Å². The molecule has 2 rings (SSSR count). The van der Waals surface area contributed by atoms with Crippen molar-refractivity contribution in [3.8, 4) is 5.75 Å². The third-order valence-electron chi connectivity index (χ3n) is 8.69. The lowest BCUT2D eigenvalue weighted by Gasteiger charge is -2.31. The van der Waals surface area contributed by atoms with E-state index in [1.165, 1.54) is 32.1 Å². The SMILES string of the molecule is C/C=C1\NC(=O)[C@H](Cc2ccc(O)cc2)NC(=O)[C@@H](C(C)C)NC(=O)[C@@H](CC(C)C)NC(=O)[C@H](NC(=O)C(C)CC(C)CCC)[C@@H](C)OC1=O. The molecule has 1 aliphatic rings. The number of rotatable bonds is 11. The molecule has 5 amide bonds. The van der Waals surface area contributed by atoms with Crippen LogP contribution in [0.1, 0.15) is 93.6 Å². The van der Waals surface area contributed by atoms with E-state index in [-0.39, 0.29) is 36.1 Å². The number of nitrogens with one attached hydrogen (secondary N) is 5. The molecule has 13 nitrogen and oxygen atoms in total. The molecule has 2 unspecified atom stereocenters. The number of carbonyl (C=O) groups is 6. The van der Waals surface area contributed by atoms with Gasteiger partial charge in [0.05, 0.1) is 0 Å². The first-order valence-corrected chi connectivity index (χ1v) is 17.6. The zero-order valence-electron chi connectivity index (χ0n) is 30.9. The summed E-state index contributed by atoms with van der Waals surface area (Å²) in [6, 6.07) is 1.31. The molecule has 1 saturated heterocycles. The van der Waals surface area contributed by atoms with Crippen LogP contribution in [0.3, 0.4) is 0 Å². The van der Waals surface area contributed by atoms with E-state index in [9.17, 15) is 33.9 Å². The molecule has 0 radical (unpaired) electrons. The molecular formula is C37H57N5O8. The smallest absolute Gasteiger partial charge is 0.354 e. The molecule has 7 atom stereocenters. The topological polar surface area (TPSA) is 192 Å². The van der Waals surface area contributed by atoms with Gasteiger partial charge in [-0.05, 0) is 62.1 Å². The standard InChI is InChI=1S/C37H57N5O8/c1-10-12-22(7)18-23(8)32(44)42-31-24(9)50-37(49)27(11-2)38-33(45)29(19-25-13-15-26(43)16-14-25)40-35(47)30(21(5)6)41-34(46)28(17-20(3)4)39-36(31)48/h11,13-16,20-24,28-31,43H,10,12,17-19H2,1-9H3,(H,38,45)(H,39,48)(H,40,47)(H,41,46)(H,42,44)/b27-11-/t22?,23?,24-,28-,29+,30-,31-/m1/s1. The highest BCUT2D eigenvalue weighted by Gasteiger charge is 2.37. The first kappa shape index (κ1) is 41.7. The summed E-state index contributed by atoms with van der Waals surface area (Å²) in [7, 11) is 0. The van der Waals surface area contributed by atoms with Gasteiger partial charge in [-0.15, -0.1) is 0 Å². The van der Waals surface area contributed by atoms with Crippen molar-refractivity contribution in [2.24, 2.45) is 23.7 Å². The van der Waals surface area contributed by atoms with Gasteiger partial charge in [0.1, 0.15) is 41.7 Å². The Bertz CT molecular complexity index is 1380. The maximum atomic E-state index is 13.9. The number of phenols is 1. The van der Waals surface area contributed by atoms with Gasteiger partial charge in [-0.25, -0.2) is 4.79 Å². The quantitative estimate of drug-likeness (QED) is 0.150. The number of hydrogen-bond acceptors (Lipinski definition) is 8. The fourth-order valence-electron chi connectivity index (χ4n) is 5.87. The Balaban J connectivity index is 2.58. The minimum absolute atomic E-state index is 0.00570. The summed E-state index contributed by atoms with van der Waals surface area (Å²) >= 11 is 0. The number of benzene rings is 1. The molecule has 50 heavy (non-hydrogen) atoms. The summed E-state index contributed by atoms with van der Waals surface area (Å²) in [6.45, 7) is 16.1. The van der Waals surface area contributed by atoms with Crippen LogP contribution in [-0.2, 0) is 39.9 Å². The van der Waals surface area contributed by atoms with E-state index < -0.39 is 77.6 Å². The van der Waals surface area contributed by atoms with Crippen LogP contribution in [0.4, 0.5) is 0 Å². The molecule has 6 N–H and O–H groups in total. The Hall–Kier alpha value is -4.42. The van der Waals surface area contributed by atoms with E-state index in [1.54, 1.807) is 32.9 Å². The molecule has 1 fully saturated rings. The third-order valence-corrected chi connectivity index (χ3v) is 8.69. The van der Waals surface area contributed by atoms with Crippen molar-refractivity contribution < 1.29 is 38.6 Å². The Morgan fingerprint density at radius 1 is 0.900 bits per heavy atom. The van der Waals surface area contributed by atoms with Crippen LogP contribution in [0.15, 0.2) is 36.0 Å². The van der Waals surface area contributed by atoms with E-state index in [2.05, 4.69) is 40.4 Å². The number of phenolic OH excluding ortho intramolecular Hbond substituents is 1. The van der Waals surface area contributed by atoms with Gasteiger partial charge in [0.2, 0.25) is 29.5 Å². The number of ether oxygens (including phenoxy) is 1. The average molecular weight is 700 g/mol. The summed E-state index contributed by atoms with van der Waals surface area (Å²) in [4.78, 5) is 81.9. The second kappa shape index (κ2) is 19.7. The van der Waals surface area contributed by atoms with Crippen LogP contribution in [0.25, 0.3) is 0 Å². The summed E-state index contributed by atoms with van der Waals surface area (Å²) in [6.07, 6.45) is 2.80. The Labute approximate surface area is 296 Å². The number of esters is 1. The number of cyclic esters (lactones) is 1. The number of hydrogen-bond donors (Lipinski definition) is 6. The predicted octanol–water partition coefficient (Wildman–Crippen LogP) is 3.00. The number of carbonyl (C=O) groups excluding carboxylic acids is 6. The maximum absolute atomic E-state index is 13.9. The van der Waals surface area contributed by atoms with Gasteiger partial charge in [0, 0.05) is 12.3 Å². The average Bonchev–Trinajstić information content (AvgIpc) is 3.03. The van der Waals surface area contributed by atoms with Gasteiger partial charge in [-0.1, -0.05) is 79.5 Å². The lowest BCUT2D eigenvalue weighted by atomic mass is 9.93.